The molecule has 0 saturated carbocycles. The number of nitrogens with zero attached hydrogens (tertiary/aromatic N) is 3. The van der Waals surface area contributed by atoms with Crippen LogP contribution in [0.3, 0.4) is 0 Å². The highest BCUT2D eigenvalue weighted by molar-refractivity contribution is 6.05. The number of rotatable bonds is 8. The second-order valence-electron chi connectivity index (χ2n) is 7.47. The van der Waals surface area contributed by atoms with Crippen LogP contribution in [0.1, 0.15) is 29.9 Å². The van der Waals surface area contributed by atoms with Crippen molar-refractivity contribution >= 4 is 29.6 Å². The van der Waals surface area contributed by atoms with Crippen molar-refractivity contribution in [1.29, 1.82) is 10.8 Å². The van der Waals surface area contributed by atoms with Gasteiger partial charge in [-0.2, -0.15) is 0 Å². The maximum absolute atomic E-state index is 14.7. The maximum Gasteiger partial charge on any atom is 0.259 e. The molecule has 32 heavy (non-hydrogen) atoms. The summed E-state index contributed by atoms with van der Waals surface area (Å²) in [5.41, 5.74) is 0.772. The number of amidine groups is 1. The van der Waals surface area contributed by atoms with Crippen LogP contribution in [0.15, 0.2) is 30.3 Å². The first kappa shape index (κ1) is 23.1. The van der Waals surface area contributed by atoms with Gasteiger partial charge in [-0.15, -0.1) is 0 Å². The molecule has 0 aliphatic carbocycles. The summed E-state index contributed by atoms with van der Waals surface area (Å²) in [5, 5.41) is 18.4. The Bertz CT molecular complexity index is 1010. The Labute approximate surface area is 186 Å². The van der Waals surface area contributed by atoms with E-state index in [1.807, 2.05) is 18.7 Å². The summed E-state index contributed by atoms with van der Waals surface area (Å²) in [7, 11) is 1.61. The van der Waals surface area contributed by atoms with Crippen LogP contribution < -0.4 is 15.0 Å². The highest BCUT2D eigenvalue weighted by Crippen LogP contribution is 2.34. The molecule has 1 aromatic heterocycles. The number of carbonyl (C=O) groups excluding carboxylic acids is 1. The number of anilines is 2. The number of fused-ring (bicyclic) bond motifs is 1. The molecular weight excluding hydrogens is 415 g/mol. The topological polar surface area (TPSA) is 115 Å². The number of ether oxygens (including phenoxy) is 2. The summed E-state index contributed by atoms with van der Waals surface area (Å²) in [6.45, 7) is 5.81. The zero-order valence-corrected chi connectivity index (χ0v) is 18.3. The van der Waals surface area contributed by atoms with Gasteiger partial charge in [0.15, 0.2) is 5.84 Å². The minimum absolute atomic E-state index is 0.0250. The Morgan fingerprint density at radius 3 is 2.91 bits per heavy atom. The standard InChI is InChI=1S/C22H27FN6O3/c1-14(2)29(13-24)21(25)17-5-4-6-20(26-17)27-22(30)15-11-18-19(12-16(15)23)32-10-8-28(18)7-9-31-3/h4-6,11-14,24-25H,7-10H2,1-3H3,(H,26,27,30). The third kappa shape index (κ3) is 5.02. The Balaban J connectivity index is 1.83. The summed E-state index contributed by atoms with van der Waals surface area (Å²) < 4.78 is 25.4. The Hall–Kier alpha value is -3.53. The predicted octanol–water partition coefficient (Wildman–Crippen LogP) is 2.96. The highest BCUT2D eigenvalue weighted by atomic mass is 19.1. The van der Waals surface area contributed by atoms with Gasteiger partial charge in [-0.05, 0) is 32.0 Å². The van der Waals surface area contributed by atoms with Crippen molar-refractivity contribution in [3.05, 3.63) is 47.4 Å². The Morgan fingerprint density at radius 1 is 1.44 bits per heavy atom. The van der Waals surface area contributed by atoms with E-state index in [1.165, 1.54) is 17.0 Å². The molecule has 0 saturated heterocycles. The summed E-state index contributed by atoms with van der Waals surface area (Å²) >= 11 is 0. The van der Waals surface area contributed by atoms with E-state index in [9.17, 15) is 9.18 Å². The van der Waals surface area contributed by atoms with Crippen molar-refractivity contribution in [3.63, 3.8) is 0 Å². The monoisotopic (exact) mass is 442 g/mol. The van der Waals surface area contributed by atoms with E-state index in [1.54, 1.807) is 25.3 Å². The molecule has 0 fully saturated rings. The van der Waals surface area contributed by atoms with Crippen molar-refractivity contribution in [1.82, 2.24) is 9.88 Å². The fourth-order valence-corrected chi connectivity index (χ4v) is 3.32. The number of halogens is 1. The van der Waals surface area contributed by atoms with Gasteiger partial charge < -0.3 is 24.6 Å². The van der Waals surface area contributed by atoms with Crippen molar-refractivity contribution in [2.24, 2.45) is 0 Å². The van der Waals surface area contributed by atoms with Gasteiger partial charge in [0.25, 0.3) is 5.91 Å². The lowest BCUT2D eigenvalue weighted by atomic mass is 10.1. The van der Waals surface area contributed by atoms with Crippen molar-refractivity contribution < 1.29 is 18.7 Å². The van der Waals surface area contributed by atoms with Crippen LogP contribution >= 0.6 is 0 Å². The molecule has 0 radical (unpaired) electrons. The van der Waals surface area contributed by atoms with Crippen molar-refractivity contribution in [2.45, 2.75) is 19.9 Å². The van der Waals surface area contributed by atoms with Crippen molar-refractivity contribution in [3.8, 4) is 5.75 Å². The van der Waals surface area contributed by atoms with E-state index in [2.05, 4.69) is 10.3 Å². The van der Waals surface area contributed by atoms with E-state index in [0.29, 0.717) is 37.7 Å². The van der Waals surface area contributed by atoms with Crippen LogP contribution in [-0.4, -0.2) is 67.4 Å². The SMILES string of the molecule is COCCN1CCOc2cc(F)c(C(=O)Nc3cccc(C(=N)N(C=N)C(C)C)n3)cc21. The zero-order valence-electron chi connectivity index (χ0n) is 18.3. The van der Waals surface area contributed by atoms with Gasteiger partial charge in [0, 0.05) is 25.8 Å². The number of pyridine rings is 1. The number of methoxy groups -OCH3 is 1. The maximum atomic E-state index is 14.7. The normalized spacial score (nSPS) is 12.7. The largest absolute Gasteiger partial charge is 0.489 e. The van der Waals surface area contributed by atoms with Gasteiger partial charge in [0.2, 0.25) is 0 Å². The van der Waals surface area contributed by atoms with Gasteiger partial charge in [-0.25, -0.2) is 9.37 Å². The molecule has 1 aliphatic rings. The third-order valence-electron chi connectivity index (χ3n) is 5.00. The number of amides is 1. The molecule has 10 heteroatoms. The fraction of sp³-hybridized carbons (Fsp3) is 0.364. The average molecular weight is 442 g/mol. The lowest BCUT2D eigenvalue weighted by Gasteiger charge is -2.31. The molecule has 3 rings (SSSR count). The Kier molecular flexibility index (Phi) is 7.37. The van der Waals surface area contributed by atoms with Crippen LogP contribution in [-0.2, 0) is 4.74 Å². The van der Waals surface area contributed by atoms with Gasteiger partial charge >= 0.3 is 0 Å². The molecule has 0 unspecified atom stereocenters. The summed E-state index contributed by atoms with van der Waals surface area (Å²) in [6.07, 6.45) is 1.06. The van der Waals surface area contributed by atoms with Gasteiger partial charge in [-0.1, -0.05) is 6.07 Å². The van der Waals surface area contributed by atoms with Crippen LogP contribution in [0.4, 0.5) is 15.9 Å². The third-order valence-corrected chi connectivity index (χ3v) is 5.00. The van der Waals surface area contributed by atoms with E-state index >= 15 is 0 Å². The Morgan fingerprint density at radius 2 is 2.22 bits per heavy atom. The van der Waals surface area contributed by atoms with Crippen LogP contribution in [0.5, 0.6) is 5.75 Å². The molecule has 170 valence electrons. The van der Waals surface area contributed by atoms with E-state index < -0.39 is 11.7 Å². The number of benzene rings is 1. The lowest BCUT2D eigenvalue weighted by molar-refractivity contribution is 0.102. The summed E-state index contributed by atoms with van der Waals surface area (Å²) in [4.78, 5) is 20.6. The zero-order chi connectivity index (χ0) is 23.3. The molecule has 1 aromatic carbocycles. The van der Waals surface area contributed by atoms with Gasteiger partial charge in [0.05, 0.1) is 30.7 Å². The molecule has 0 spiro atoms. The molecule has 2 aromatic rings. The number of hydrogen-bond donors (Lipinski definition) is 3. The molecule has 0 atom stereocenters. The smallest absolute Gasteiger partial charge is 0.259 e. The van der Waals surface area contributed by atoms with E-state index in [-0.39, 0.29) is 29.0 Å². The second-order valence-corrected chi connectivity index (χ2v) is 7.47. The van der Waals surface area contributed by atoms with Crippen LogP contribution in [0.25, 0.3) is 0 Å². The minimum Gasteiger partial charge on any atom is -0.489 e. The van der Waals surface area contributed by atoms with E-state index in [0.717, 1.165) is 6.34 Å². The molecule has 2 heterocycles. The summed E-state index contributed by atoms with van der Waals surface area (Å²) in [6, 6.07) is 7.39. The first-order valence-corrected chi connectivity index (χ1v) is 10.2. The van der Waals surface area contributed by atoms with Crippen LogP contribution in [0, 0.1) is 16.6 Å². The van der Waals surface area contributed by atoms with E-state index in [4.69, 9.17) is 20.3 Å². The predicted molar refractivity (Wildman–Crippen MR) is 121 cm³/mol. The molecule has 0 bridgehead atoms. The molecular formula is C22H27FN6O3. The lowest BCUT2D eigenvalue weighted by Crippen LogP contribution is -2.36. The summed E-state index contributed by atoms with van der Waals surface area (Å²) in [5.74, 6) is -0.775. The quantitative estimate of drug-likeness (QED) is 0.428. The first-order chi connectivity index (χ1) is 15.3. The average Bonchev–Trinajstić information content (AvgIpc) is 2.77. The molecule has 3 N–H and O–H groups in total. The molecule has 1 aliphatic heterocycles. The first-order valence-electron chi connectivity index (χ1n) is 10.2. The second kappa shape index (κ2) is 10.2. The van der Waals surface area contributed by atoms with Crippen molar-refractivity contribution in [2.75, 3.05) is 43.6 Å². The number of hydrogen-bond acceptors (Lipinski definition) is 7. The number of aromatic nitrogens is 1. The minimum atomic E-state index is -0.700. The number of carbonyl (C=O) groups is 1. The highest BCUT2D eigenvalue weighted by Gasteiger charge is 2.24. The fourth-order valence-electron chi connectivity index (χ4n) is 3.32. The molecule has 1 amide bonds. The molecule has 9 nitrogen and oxygen atoms in total. The van der Waals surface area contributed by atoms with Gasteiger partial charge in [-0.3, -0.25) is 15.6 Å². The number of nitrogens with one attached hydrogen (secondary N) is 3. The van der Waals surface area contributed by atoms with Crippen LogP contribution in [0.2, 0.25) is 0 Å². The van der Waals surface area contributed by atoms with Gasteiger partial charge in [0.1, 0.15) is 29.7 Å².